The van der Waals surface area contributed by atoms with Gasteiger partial charge in [-0.3, -0.25) is 0 Å². The highest BCUT2D eigenvalue weighted by Crippen LogP contribution is 2.36. The van der Waals surface area contributed by atoms with Gasteiger partial charge in [0.1, 0.15) is 5.70 Å². The van der Waals surface area contributed by atoms with Crippen LogP contribution in [0, 0.1) is 0 Å². The molecular weight excluding hydrogens is 364 g/mol. The highest BCUT2D eigenvalue weighted by atomic mass is 16.5. The van der Waals surface area contributed by atoms with E-state index < -0.39 is 11.9 Å². The predicted octanol–water partition coefficient (Wildman–Crippen LogP) is 1.41. The second-order valence-corrected chi connectivity index (χ2v) is 6.18. The third-order valence-corrected chi connectivity index (χ3v) is 4.24. The molecule has 0 aliphatic carbocycles. The molecule has 0 bridgehead atoms. The second kappa shape index (κ2) is 7.47. The average molecular weight is 384 g/mol. The van der Waals surface area contributed by atoms with Crippen molar-refractivity contribution >= 4 is 34.3 Å². The number of fused-ring (bicyclic) bond motifs is 1. The summed E-state index contributed by atoms with van der Waals surface area (Å²) in [6.07, 6.45) is 6.43. The molecule has 1 aromatic carbocycles. The summed E-state index contributed by atoms with van der Waals surface area (Å²) in [5.74, 6) is -1.38. The topological polar surface area (TPSA) is 108 Å². The zero-order chi connectivity index (χ0) is 20.4. The van der Waals surface area contributed by atoms with Crippen LogP contribution in [-0.4, -0.2) is 50.2 Å². The zero-order valence-electron chi connectivity index (χ0n) is 15.9. The van der Waals surface area contributed by atoms with Crippen molar-refractivity contribution in [3.63, 3.8) is 0 Å². The molecule has 1 aliphatic heterocycles. The molecule has 3 rings (SSSR count). The van der Waals surface area contributed by atoms with Crippen LogP contribution in [0.5, 0.6) is 0 Å². The summed E-state index contributed by atoms with van der Waals surface area (Å²) in [5.41, 5.74) is 2.15. The molecule has 2 N–H and O–H groups in total. The first kappa shape index (κ1) is 19.0. The maximum Gasteiger partial charge on any atom is 0.355 e. The number of rotatable bonds is 4. The van der Waals surface area contributed by atoms with Crippen LogP contribution in [0.15, 0.2) is 52.6 Å². The van der Waals surface area contributed by atoms with Crippen LogP contribution in [-0.2, 0) is 19.1 Å². The number of H-pyrrole nitrogens is 2. The molecule has 0 fully saturated rings. The largest absolute Gasteiger partial charge is 0.465 e. The number of carbonyl (C=O) groups excluding carboxylic acids is 2. The number of benzene rings is 1. The van der Waals surface area contributed by atoms with E-state index in [0.29, 0.717) is 22.4 Å². The third-order valence-electron chi connectivity index (χ3n) is 4.24. The molecule has 146 valence electrons. The van der Waals surface area contributed by atoms with Crippen LogP contribution in [0.25, 0.3) is 11.0 Å². The summed E-state index contributed by atoms with van der Waals surface area (Å²) in [7, 11) is 6.14. The Hall–Kier alpha value is -3.75. The van der Waals surface area contributed by atoms with Gasteiger partial charge in [-0.2, -0.15) is 0 Å². The minimum Gasteiger partial charge on any atom is -0.465 e. The normalized spacial score (nSPS) is 13.6. The van der Waals surface area contributed by atoms with E-state index in [2.05, 4.69) is 9.97 Å². The lowest BCUT2D eigenvalue weighted by Gasteiger charge is -2.27. The average Bonchev–Trinajstić information content (AvgIpc) is 2.90. The molecule has 9 nitrogen and oxygen atoms in total. The Morgan fingerprint density at radius 1 is 1.00 bits per heavy atom. The summed E-state index contributed by atoms with van der Waals surface area (Å²) in [5, 5.41) is 0. The van der Waals surface area contributed by atoms with Crippen molar-refractivity contribution in [3.05, 3.63) is 58.3 Å². The Balaban J connectivity index is 2.33. The van der Waals surface area contributed by atoms with Gasteiger partial charge in [0.05, 0.1) is 42.2 Å². The van der Waals surface area contributed by atoms with E-state index in [0.717, 1.165) is 0 Å². The van der Waals surface area contributed by atoms with Crippen molar-refractivity contribution in [2.45, 2.75) is 0 Å². The van der Waals surface area contributed by atoms with Crippen LogP contribution in [0.4, 0.5) is 11.4 Å². The maximum absolute atomic E-state index is 12.6. The number of aromatic nitrogens is 2. The standard InChI is InChI=1S/C19H20N4O5/c1-22(2)14-9-12-13(21-19(26)20-12)10-15(14)23-8-6-5-7-11(17(24)27-3)16(23)18(25)28-4/h5-10H,1-4H3,(H2,20,21,26). The Morgan fingerprint density at radius 2 is 1.64 bits per heavy atom. The number of allylic oxidation sites excluding steroid dienone is 2. The molecular formula is C19H20N4O5. The van der Waals surface area contributed by atoms with Gasteiger partial charge in [-0.05, 0) is 24.3 Å². The van der Waals surface area contributed by atoms with E-state index >= 15 is 0 Å². The van der Waals surface area contributed by atoms with E-state index in [1.807, 2.05) is 19.0 Å². The van der Waals surface area contributed by atoms with Gasteiger partial charge >= 0.3 is 17.6 Å². The molecule has 0 amide bonds. The number of hydrogen-bond donors (Lipinski definition) is 2. The number of methoxy groups -OCH3 is 2. The summed E-state index contributed by atoms with van der Waals surface area (Å²) < 4.78 is 9.75. The van der Waals surface area contributed by atoms with Crippen molar-refractivity contribution in [1.82, 2.24) is 9.97 Å². The lowest BCUT2D eigenvalue weighted by atomic mass is 10.1. The molecule has 0 radical (unpaired) electrons. The number of ether oxygens (including phenoxy) is 2. The smallest absolute Gasteiger partial charge is 0.355 e. The van der Waals surface area contributed by atoms with Crippen LogP contribution < -0.4 is 15.5 Å². The van der Waals surface area contributed by atoms with E-state index in [1.54, 1.807) is 30.5 Å². The maximum atomic E-state index is 12.6. The van der Waals surface area contributed by atoms with Crippen molar-refractivity contribution < 1.29 is 19.1 Å². The molecule has 2 aromatic rings. The molecule has 2 heterocycles. The molecule has 0 saturated heterocycles. The monoisotopic (exact) mass is 384 g/mol. The fraction of sp³-hybridized carbons (Fsp3) is 0.211. The van der Waals surface area contributed by atoms with Crippen LogP contribution in [0.1, 0.15) is 0 Å². The number of esters is 2. The van der Waals surface area contributed by atoms with Crippen molar-refractivity contribution in [3.8, 4) is 0 Å². The minimum atomic E-state index is -0.705. The molecule has 0 unspecified atom stereocenters. The Kier molecular flexibility index (Phi) is 5.08. The number of hydrogen-bond acceptors (Lipinski definition) is 7. The van der Waals surface area contributed by atoms with Gasteiger partial charge in [-0.15, -0.1) is 0 Å². The summed E-state index contributed by atoms with van der Waals surface area (Å²) in [6, 6.07) is 3.50. The van der Waals surface area contributed by atoms with Crippen molar-refractivity contribution in [1.29, 1.82) is 0 Å². The van der Waals surface area contributed by atoms with Gasteiger partial charge in [-0.1, -0.05) is 6.08 Å². The number of aromatic amines is 2. The SMILES string of the molecule is COC(=O)C1=C(C(=O)OC)N(c2cc3[nH]c(=O)[nH]c3cc2N(C)C)C=CC=C1. The number of nitrogens with one attached hydrogen (secondary N) is 2. The zero-order valence-corrected chi connectivity index (χ0v) is 15.9. The van der Waals surface area contributed by atoms with E-state index in [4.69, 9.17) is 9.47 Å². The molecule has 1 aliphatic rings. The number of carbonyl (C=O) groups is 2. The van der Waals surface area contributed by atoms with E-state index in [1.165, 1.54) is 25.2 Å². The molecule has 0 atom stereocenters. The first-order chi connectivity index (χ1) is 13.4. The highest BCUT2D eigenvalue weighted by Gasteiger charge is 2.29. The molecule has 0 saturated carbocycles. The van der Waals surface area contributed by atoms with Crippen LogP contribution in [0.3, 0.4) is 0 Å². The van der Waals surface area contributed by atoms with Gasteiger partial charge in [-0.25, -0.2) is 14.4 Å². The number of anilines is 2. The number of nitrogens with zero attached hydrogens (tertiary/aromatic N) is 2. The summed E-state index contributed by atoms with van der Waals surface area (Å²) in [6.45, 7) is 0. The Bertz CT molecular complexity index is 1090. The Labute approximate surface area is 160 Å². The summed E-state index contributed by atoms with van der Waals surface area (Å²) >= 11 is 0. The fourth-order valence-electron chi connectivity index (χ4n) is 2.96. The number of imidazole rings is 1. The highest BCUT2D eigenvalue weighted by molar-refractivity contribution is 6.06. The van der Waals surface area contributed by atoms with Gasteiger partial charge in [0.2, 0.25) is 0 Å². The van der Waals surface area contributed by atoms with Crippen molar-refractivity contribution in [2.75, 3.05) is 38.1 Å². The quantitative estimate of drug-likeness (QED) is 0.768. The third kappa shape index (κ3) is 3.29. The predicted molar refractivity (Wildman–Crippen MR) is 105 cm³/mol. The van der Waals surface area contributed by atoms with E-state index in [9.17, 15) is 14.4 Å². The van der Waals surface area contributed by atoms with Gasteiger partial charge in [0.15, 0.2) is 0 Å². The lowest BCUT2D eigenvalue weighted by molar-refractivity contribution is -0.139. The van der Waals surface area contributed by atoms with Gasteiger partial charge < -0.3 is 29.2 Å². The fourth-order valence-corrected chi connectivity index (χ4v) is 2.96. The molecule has 9 heteroatoms. The first-order valence-corrected chi connectivity index (χ1v) is 8.35. The van der Waals surface area contributed by atoms with Gasteiger partial charge in [0, 0.05) is 20.3 Å². The van der Waals surface area contributed by atoms with Crippen LogP contribution >= 0.6 is 0 Å². The van der Waals surface area contributed by atoms with E-state index in [-0.39, 0.29) is 17.0 Å². The second-order valence-electron chi connectivity index (χ2n) is 6.18. The summed E-state index contributed by atoms with van der Waals surface area (Å²) in [4.78, 5) is 45.4. The molecule has 28 heavy (non-hydrogen) atoms. The van der Waals surface area contributed by atoms with Crippen LogP contribution in [0.2, 0.25) is 0 Å². The molecule has 1 aromatic heterocycles. The minimum absolute atomic E-state index is 0.000294. The lowest BCUT2D eigenvalue weighted by Crippen LogP contribution is -2.28. The van der Waals surface area contributed by atoms with Gasteiger partial charge in [0.25, 0.3) is 0 Å². The Morgan fingerprint density at radius 3 is 2.25 bits per heavy atom. The first-order valence-electron chi connectivity index (χ1n) is 8.35. The molecule has 0 spiro atoms. The van der Waals surface area contributed by atoms with Crippen molar-refractivity contribution in [2.24, 2.45) is 0 Å².